The number of hydrogen-bond acceptors (Lipinski definition) is 16. The first kappa shape index (κ1) is 42.5. The van der Waals surface area contributed by atoms with Gasteiger partial charge in [0.1, 0.15) is 42.8 Å². The molecule has 7 N–H and O–H groups in total. The second kappa shape index (κ2) is 18.4. The van der Waals surface area contributed by atoms with Crippen LogP contribution in [0, 0.1) is 0 Å². The average Bonchev–Trinajstić information content (AvgIpc) is 3.52. The Labute approximate surface area is 308 Å². The molecule has 0 spiro atoms. The van der Waals surface area contributed by atoms with E-state index in [0.717, 1.165) is 4.90 Å². The average molecular weight is 790 g/mol. The van der Waals surface area contributed by atoms with Crippen molar-refractivity contribution in [3.63, 3.8) is 0 Å². The SMILES string of the molecule is CC(=O)OCc1ccc(CCCCNC(=O)CN2C(=O)[C@@H](N3C(=O)CC(O)C3=O)C[C@H]2COCCS(=O)(=O)O)cc1O[C@@H]1O[C@H](C(=O)O)[C@@H](O)[C@H](O)[C@H]1O. The minimum atomic E-state index is -4.33. The number of aliphatic hydroxyl groups is 4. The third-order valence-electron chi connectivity index (χ3n) is 8.92. The van der Waals surface area contributed by atoms with Gasteiger partial charge >= 0.3 is 11.9 Å². The number of benzene rings is 1. The van der Waals surface area contributed by atoms with Crippen molar-refractivity contribution < 1.29 is 86.2 Å². The number of carboxylic acid groups (broad SMARTS) is 1. The molecule has 0 aromatic heterocycles. The molecule has 0 radical (unpaired) electrons. The van der Waals surface area contributed by atoms with Crippen LogP contribution in [-0.2, 0) is 66.1 Å². The van der Waals surface area contributed by atoms with Crippen molar-refractivity contribution in [1.29, 1.82) is 0 Å². The van der Waals surface area contributed by atoms with Gasteiger partial charge in [0.25, 0.3) is 16.0 Å². The van der Waals surface area contributed by atoms with Crippen LogP contribution in [0.5, 0.6) is 5.75 Å². The Bertz CT molecular complexity index is 1690. The number of ether oxygens (including phenoxy) is 4. The first-order chi connectivity index (χ1) is 25.4. The number of nitrogens with one attached hydrogen (secondary N) is 1. The van der Waals surface area contributed by atoms with Gasteiger partial charge in [0.05, 0.1) is 38.0 Å². The molecule has 3 aliphatic heterocycles. The van der Waals surface area contributed by atoms with Crippen LogP contribution in [0.25, 0.3) is 0 Å². The van der Waals surface area contributed by atoms with Crippen LogP contribution in [0.1, 0.15) is 43.7 Å². The molecule has 22 heteroatoms. The Morgan fingerprint density at radius 2 is 1.74 bits per heavy atom. The van der Waals surface area contributed by atoms with E-state index >= 15 is 0 Å². The fourth-order valence-electron chi connectivity index (χ4n) is 6.11. The zero-order valence-corrected chi connectivity index (χ0v) is 29.8. The molecule has 300 valence electrons. The highest BCUT2D eigenvalue weighted by atomic mass is 32.2. The minimum Gasteiger partial charge on any atom is -0.479 e. The third-order valence-corrected chi connectivity index (χ3v) is 9.60. The number of carbonyl (C=O) groups excluding carboxylic acids is 5. The van der Waals surface area contributed by atoms with Crippen LogP contribution in [0.2, 0.25) is 0 Å². The largest absolute Gasteiger partial charge is 0.479 e. The topological polar surface area (TPSA) is 313 Å². The monoisotopic (exact) mass is 789 g/mol. The van der Waals surface area contributed by atoms with Crippen molar-refractivity contribution in [2.75, 3.05) is 32.1 Å². The first-order valence-electron chi connectivity index (χ1n) is 16.9. The summed E-state index contributed by atoms with van der Waals surface area (Å²) >= 11 is 0. The van der Waals surface area contributed by atoms with E-state index in [0.29, 0.717) is 35.3 Å². The Balaban J connectivity index is 1.34. The molecule has 3 aliphatic rings. The molecular weight excluding hydrogens is 746 g/mol. The maximum Gasteiger partial charge on any atom is 0.335 e. The molecule has 8 atom stereocenters. The van der Waals surface area contributed by atoms with E-state index in [4.69, 9.17) is 23.5 Å². The summed E-state index contributed by atoms with van der Waals surface area (Å²) in [6, 6.07) is 2.64. The zero-order valence-electron chi connectivity index (χ0n) is 29.0. The van der Waals surface area contributed by atoms with Gasteiger partial charge in [0, 0.05) is 19.0 Å². The smallest absolute Gasteiger partial charge is 0.335 e. The number of aliphatic carboxylic acids is 1. The summed E-state index contributed by atoms with van der Waals surface area (Å²) in [5.41, 5.74) is 0.991. The Morgan fingerprint density at radius 3 is 2.37 bits per heavy atom. The van der Waals surface area contributed by atoms with Crippen LogP contribution in [0.3, 0.4) is 0 Å². The number of unbranched alkanes of at least 4 members (excludes halogenated alkanes) is 1. The highest BCUT2D eigenvalue weighted by molar-refractivity contribution is 7.85. The van der Waals surface area contributed by atoms with Crippen molar-refractivity contribution in [3.8, 4) is 5.75 Å². The van der Waals surface area contributed by atoms with Gasteiger partial charge in [-0.1, -0.05) is 12.1 Å². The fraction of sp³-hybridized carbons (Fsp3) is 0.625. The van der Waals surface area contributed by atoms with E-state index in [-0.39, 0.29) is 31.9 Å². The van der Waals surface area contributed by atoms with Crippen LogP contribution in [-0.4, -0.2) is 165 Å². The number of rotatable bonds is 18. The molecular formula is C32H43N3O18S. The quantitative estimate of drug-likeness (QED) is 0.0328. The Kier molecular flexibility index (Phi) is 14.4. The summed E-state index contributed by atoms with van der Waals surface area (Å²) in [5, 5.41) is 52.4. The maximum atomic E-state index is 13.3. The predicted octanol–water partition coefficient (Wildman–Crippen LogP) is -3.55. The van der Waals surface area contributed by atoms with E-state index in [1.54, 1.807) is 12.1 Å². The van der Waals surface area contributed by atoms with Crippen LogP contribution < -0.4 is 10.1 Å². The molecule has 4 rings (SSSR count). The lowest BCUT2D eigenvalue weighted by atomic mass is 9.99. The van der Waals surface area contributed by atoms with E-state index in [1.807, 2.05) is 0 Å². The van der Waals surface area contributed by atoms with E-state index in [2.05, 4.69) is 5.32 Å². The highest BCUT2D eigenvalue weighted by Crippen LogP contribution is 2.30. The lowest BCUT2D eigenvalue weighted by molar-refractivity contribution is -0.271. The standard InChI is InChI=1S/C32H43N3O18S/c1-16(36)51-14-18-6-5-17(10-22(18)52-32-27(42)25(40)26(41)28(53-32)31(45)46)4-2-3-7-33-23(38)13-34-19(15-50-8-9-54(47,48)49)11-20(29(34)43)35-24(39)12-21(37)30(35)44/h5-6,10,19-21,25-28,32,37,40-42H,2-4,7-9,11-15H2,1H3,(H,33,38)(H,45,46)(H,47,48,49)/t19-,20-,21?,25-,26-,27+,28-,32+/m0/s1. The number of carbonyl (C=O) groups is 6. The fourth-order valence-corrected chi connectivity index (χ4v) is 6.44. The van der Waals surface area contributed by atoms with Crippen LogP contribution in [0.4, 0.5) is 0 Å². The lowest BCUT2D eigenvalue weighted by Crippen LogP contribution is -2.61. The molecule has 0 saturated carbocycles. The molecule has 21 nitrogen and oxygen atoms in total. The number of imide groups is 1. The highest BCUT2D eigenvalue weighted by Gasteiger charge is 2.51. The van der Waals surface area contributed by atoms with E-state index < -0.39 is 120 Å². The Morgan fingerprint density at radius 1 is 1.02 bits per heavy atom. The van der Waals surface area contributed by atoms with E-state index in [1.165, 1.54) is 13.0 Å². The zero-order chi connectivity index (χ0) is 39.9. The van der Waals surface area contributed by atoms with Gasteiger partial charge in [0.2, 0.25) is 24.0 Å². The summed E-state index contributed by atoms with van der Waals surface area (Å²) in [7, 11) is -4.33. The van der Waals surface area contributed by atoms with Crippen LogP contribution >= 0.6 is 0 Å². The summed E-state index contributed by atoms with van der Waals surface area (Å²) in [6.45, 7) is -0.102. The number of hydrogen-bond donors (Lipinski definition) is 7. The summed E-state index contributed by atoms with van der Waals surface area (Å²) in [4.78, 5) is 75.7. The third kappa shape index (κ3) is 10.9. The van der Waals surface area contributed by atoms with Crippen LogP contribution in [0.15, 0.2) is 18.2 Å². The maximum absolute atomic E-state index is 13.3. The second-order valence-electron chi connectivity index (χ2n) is 12.9. The van der Waals surface area contributed by atoms with Gasteiger partial charge < -0.3 is 54.7 Å². The number of amides is 4. The molecule has 1 aromatic carbocycles. The lowest BCUT2D eigenvalue weighted by Gasteiger charge is -2.38. The summed E-state index contributed by atoms with van der Waals surface area (Å²) < 4.78 is 52.3. The predicted molar refractivity (Wildman–Crippen MR) is 176 cm³/mol. The van der Waals surface area contributed by atoms with Gasteiger partial charge in [-0.25, -0.2) is 4.79 Å². The van der Waals surface area contributed by atoms with Crippen molar-refractivity contribution in [1.82, 2.24) is 15.1 Å². The van der Waals surface area contributed by atoms with Crippen molar-refractivity contribution in [3.05, 3.63) is 29.3 Å². The number of carboxylic acids is 1. The summed E-state index contributed by atoms with van der Waals surface area (Å²) in [6.07, 6.45) is -10.2. The molecule has 54 heavy (non-hydrogen) atoms. The first-order valence-corrected chi connectivity index (χ1v) is 18.5. The van der Waals surface area contributed by atoms with Crippen molar-refractivity contribution in [2.24, 2.45) is 0 Å². The Hall–Kier alpha value is -4.29. The normalized spacial score (nSPS) is 27.3. The minimum absolute atomic E-state index is 0.0378. The van der Waals surface area contributed by atoms with Crippen molar-refractivity contribution >= 4 is 45.7 Å². The van der Waals surface area contributed by atoms with Gasteiger partial charge in [-0.05, 0) is 37.3 Å². The van der Waals surface area contributed by atoms with E-state index in [9.17, 15) is 62.7 Å². The van der Waals surface area contributed by atoms with Gasteiger partial charge in [-0.3, -0.25) is 33.4 Å². The summed E-state index contributed by atoms with van der Waals surface area (Å²) in [5.74, 6) is -5.92. The van der Waals surface area contributed by atoms with Gasteiger partial charge in [0.15, 0.2) is 6.10 Å². The number of esters is 1. The molecule has 4 amide bonds. The molecule has 0 aliphatic carbocycles. The molecule has 1 unspecified atom stereocenters. The van der Waals surface area contributed by atoms with Gasteiger partial charge in [-0.15, -0.1) is 0 Å². The van der Waals surface area contributed by atoms with Crippen molar-refractivity contribution in [2.45, 2.75) is 94.5 Å². The molecule has 3 saturated heterocycles. The molecule has 3 fully saturated rings. The second-order valence-corrected chi connectivity index (χ2v) is 14.5. The van der Waals surface area contributed by atoms with Gasteiger partial charge in [-0.2, -0.15) is 8.42 Å². The number of aliphatic hydroxyl groups excluding tert-OH is 4. The molecule has 0 bridgehead atoms. The number of likely N-dealkylation sites (tertiary alicyclic amines) is 2. The number of nitrogens with zero attached hydrogens (tertiary/aromatic N) is 2. The number of aryl methyl sites for hydroxylation is 1. The molecule has 3 heterocycles. The molecule has 1 aromatic rings.